The molecular formula is C19H28N4O2. The Bertz CT molecular complexity index is 605. The van der Waals surface area contributed by atoms with E-state index in [2.05, 4.69) is 20.6 Å². The van der Waals surface area contributed by atoms with Crippen LogP contribution in [0.1, 0.15) is 62.9 Å². The Morgan fingerprint density at radius 2 is 1.72 bits per heavy atom. The van der Waals surface area contributed by atoms with Gasteiger partial charge in [0.1, 0.15) is 5.82 Å². The summed E-state index contributed by atoms with van der Waals surface area (Å²) in [6, 6.07) is 2.06. The maximum atomic E-state index is 12.4. The van der Waals surface area contributed by atoms with Crippen molar-refractivity contribution in [2.24, 2.45) is 11.8 Å². The van der Waals surface area contributed by atoms with Crippen LogP contribution in [0.25, 0.3) is 0 Å². The normalized spacial score (nSPS) is 24.0. The third-order valence-electron chi connectivity index (χ3n) is 5.45. The summed E-state index contributed by atoms with van der Waals surface area (Å²) in [6.45, 7) is 2.28. The van der Waals surface area contributed by atoms with Gasteiger partial charge in [0.15, 0.2) is 0 Å². The number of carbonyl (C=O) groups excluding carboxylic acids is 2. The van der Waals surface area contributed by atoms with Crippen LogP contribution >= 0.6 is 0 Å². The number of nitrogens with zero attached hydrogens (tertiary/aromatic N) is 2. The number of rotatable bonds is 5. The fourth-order valence-corrected chi connectivity index (χ4v) is 3.93. The Hall–Kier alpha value is -1.98. The van der Waals surface area contributed by atoms with E-state index in [0.29, 0.717) is 12.4 Å². The number of carbonyl (C=O) groups is 2. The van der Waals surface area contributed by atoms with Gasteiger partial charge in [0.2, 0.25) is 11.8 Å². The van der Waals surface area contributed by atoms with Crippen LogP contribution in [0, 0.1) is 18.8 Å². The van der Waals surface area contributed by atoms with Crippen LogP contribution in [0.15, 0.2) is 12.3 Å². The lowest BCUT2D eigenvalue weighted by Gasteiger charge is -2.29. The highest BCUT2D eigenvalue weighted by atomic mass is 16.2. The zero-order valence-electron chi connectivity index (χ0n) is 15.0. The van der Waals surface area contributed by atoms with Crippen LogP contribution < -0.4 is 10.6 Å². The van der Waals surface area contributed by atoms with Gasteiger partial charge in [-0.15, -0.1) is 0 Å². The van der Waals surface area contributed by atoms with Crippen molar-refractivity contribution in [1.82, 2.24) is 20.6 Å². The molecule has 6 nitrogen and oxygen atoms in total. The van der Waals surface area contributed by atoms with Crippen LogP contribution in [0.2, 0.25) is 0 Å². The van der Waals surface area contributed by atoms with Crippen molar-refractivity contribution in [1.29, 1.82) is 0 Å². The summed E-state index contributed by atoms with van der Waals surface area (Å²) in [4.78, 5) is 32.9. The maximum Gasteiger partial charge on any atom is 0.223 e. The van der Waals surface area contributed by atoms with Gasteiger partial charge in [-0.1, -0.05) is 12.8 Å². The van der Waals surface area contributed by atoms with Gasteiger partial charge in [-0.05, 0) is 51.5 Å². The van der Waals surface area contributed by atoms with Gasteiger partial charge >= 0.3 is 0 Å². The van der Waals surface area contributed by atoms with Crippen molar-refractivity contribution in [2.45, 2.75) is 70.9 Å². The van der Waals surface area contributed by atoms with E-state index in [4.69, 9.17) is 0 Å². The first-order valence-corrected chi connectivity index (χ1v) is 9.48. The highest BCUT2D eigenvalue weighted by molar-refractivity contribution is 5.80. The molecule has 0 spiro atoms. The topological polar surface area (TPSA) is 84.0 Å². The molecule has 3 rings (SSSR count). The molecule has 0 atom stereocenters. The largest absolute Gasteiger partial charge is 0.353 e. The minimum atomic E-state index is 0.0440. The Balaban J connectivity index is 1.39. The number of nitrogens with one attached hydrogen (secondary N) is 2. The summed E-state index contributed by atoms with van der Waals surface area (Å²) in [5, 5.41) is 6.18. The van der Waals surface area contributed by atoms with Gasteiger partial charge in [-0.2, -0.15) is 0 Å². The number of hydrogen-bond acceptors (Lipinski definition) is 4. The minimum absolute atomic E-state index is 0.0440. The van der Waals surface area contributed by atoms with E-state index in [0.717, 1.165) is 44.2 Å². The molecule has 25 heavy (non-hydrogen) atoms. The van der Waals surface area contributed by atoms with Gasteiger partial charge in [-0.25, -0.2) is 9.97 Å². The van der Waals surface area contributed by atoms with Crippen molar-refractivity contribution in [3.05, 3.63) is 23.8 Å². The second-order valence-electron chi connectivity index (χ2n) is 7.35. The second-order valence-corrected chi connectivity index (χ2v) is 7.35. The monoisotopic (exact) mass is 344 g/mol. The fourth-order valence-electron chi connectivity index (χ4n) is 3.93. The van der Waals surface area contributed by atoms with Crippen LogP contribution in [0.4, 0.5) is 0 Å². The van der Waals surface area contributed by atoms with E-state index in [1.807, 2.05) is 13.0 Å². The zero-order chi connectivity index (χ0) is 17.6. The van der Waals surface area contributed by atoms with Gasteiger partial charge in [-0.3, -0.25) is 9.59 Å². The molecule has 0 bridgehead atoms. The summed E-state index contributed by atoms with van der Waals surface area (Å²) in [5.41, 5.74) is 0.832. The smallest absolute Gasteiger partial charge is 0.223 e. The molecule has 2 aliphatic carbocycles. The molecule has 136 valence electrons. The second kappa shape index (κ2) is 8.41. The first kappa shape index (κ1) is 17.8. The molecule has 0 aromatic carbocycles. The zero-order valence-corrected chi connectivity index (χ0v) is 15.0. The van der Waals surface area contributed by atoms with Crippen LogP contribution in [-0.4, -0.2) is 27.8 Å². The fraction of sp³-hybridized carbons (Fsp3) is 0.684. The molecule has 1 aromatic rings. The summed E-state index contributed by atoms with van der Waals surface area (Å²) < 4.78 is 0. The third kappa shape index (κ3) is 5.00. The van der Waals surface area contributed by atoms with Crippen LogP contribution in [0.3, 0.4) is 0 Å². The quantitative estimate of drug-likeness (QED) is 0.858. The van der Waals surface area contributed by atoms with Crippen molar-refractivity contribution in [3.8, 4) is 0 Å². The van der Waals surface area contributed by atoms with E-state index >= 15 is 0 Å². The molecular weight excluding hydrogens is 316 g/mol. The molecule has 0 radical (unpaired) electrons. The first-order valence-electron chi connectivity index (χ1n) is 9.48. The molecule has 0 saturated heterocycles. The Morgan fingerprint density at radius 1 is 1.04 bits per heavy atom. The number of hydrogen-bond donors (Lipinski definition) is 2. The van der Waals surface area contributed by atoms with Gasteiger partial charge in [0.25, 0.3) is 0 Å². The molecule has 1 aromatic heterocycles. The van der Waals surface area contributed by atoms with E-state index in [1.165, 1.54) is 12.8 Å². The summed E-state index contributed by atoms with van der Waals surface area (Å²) >= 11 is 0. The maximum absolute atomic E-state index is 12.4. The number of amides is 2. The summed E-state index contributed by atoms with van der Waals surface area (Å²) in [5.74, 6) is 1.30. The van der Waals surface area contributed by atoms with Gasteiger partial charge < -0.3 is 10.6 Å². The SMILES string of the molecule is Cc1nccc(CNC(=O)C2CCC(NC(=O)C3CCCC3)CC2)n1. The van der Waals surface area contributed by atoms with E-state index in [-0.39, 0.29) is 29.7 Å². The number of aryl methyl sites for hydroxylation is 1. The summed E-state index contributed by atoms with van der Waals surface area (Å²) in [7, 11) is 0. The molecule has 2 aliphatic rings. The molecule has 2 fully saturated rings. The highest BCUT2D eigenvalue weighted by Gasteiger charge is 2.29. The molecule has 0 aliphatic heterocycles. The average molecular weight is 344 g/mol. The van der Waals surface area contributed by atoms with Crippen molar-refractivity contribution in [3.63, 3.8) is 0 Å². The highest BCUT2D eigenvalue weighted by Crippen LogP contribution is 2.27. The minimum Gasteiger partial charge on any atom is -0.353 e. The molecule has 6 heteroatoms. The number of aromatic nitrogens is 2. The van der Waals surface area contributed by atoms with Gasteiger partial charge in [0, 0.05) is 24.1 Å². The van der Waals surface area contributed by atoms with Crippen molar-refractivity contribution in [2.75, 3.05) is 0 Å². The molecule has 2 amide bonds. The van der Waals surface area contributed by atoms with E-state index in [1.54, 1.807) is 6.20 Å². The Morgan fingerprint density at radius 3 is 2.40 bits per heavy atom. The Kier molecular flexibility index (Phi) is 6.00. The predicted octanol–water partition coefficient (Wildman–Crippen LogP) is 2.27. The predicted molar refractivity (Wildman–Crippen MR) is 94.5 cm³/mol. The lowest BCUT2D eigenvalue weighted by atomic mass is 9.85. The molecule has 2 N–H and O–H groups in total. The van der Waals surface area contributed by atoms with Crippen molar-refractivity contribution >= 4 is 11.8 Å². The van der Waals surface area contributed by atoms with E-state index < -0.39 is 0 Å². The first-order chi connectivity index (χ1) is 12.1. The van der Waals surface area contributed by atoms with E-state index in [9.17, 15) is 9.59 Å². The summed E-state index contributed by atoms with van der Waals surface area (Å²) in [6.07, 6.45) is 9.59. The van der Waals surface area contributed by atoms with Crippen molar-refractivity contribution < 1.29 is 9.59 Å². The molecule has 0 unspecified atom stereocenters. The molecule has 1 heterocycles. The average Bonchev–Trinajstić information content (AvgIpc) is 3.15. The van der Waals surface area contributed by atoms with Crippen LogP contribution in [0.5, 0.6) is 0 Å². The standard InChI is InChI=1S/C19H28N4O2/c1-13-20-11-10-17(22-13)12-21-18(24)15-6-8-16(9-7-15)23-19(25)14-4-2-3-5-14/h10-11,14-16H,2-9,12H2,1H3,(H,21,24)(H,23,25). The molecule has 2 saturated carbocycles. The Labute approximate surface area is 149 Å². The lowest BCUT2D eigenvalue weighted by Crippen LogP contribution is -2.42. The van der Waals surface area contributed by atoms with Crippen LogP contribution in [-0.2, 0) is 16.1 Å². The third-order valence-corrected chi connectivity index (χ3v) is 5.45. The lowest BCUT2D eigenvalue weighted by molar-refractivity contribution is -0.126. The van der Waals surface area contributed by atoms with Gasteiger partial charge in [0.05, 0.1) is 12.2 Å².